The molecule has 0 heterocycles. The molecule has 2 nitrogen and oxygen atoms in total. The third-order valence-electron chi connectivity index (χ3n) is 11.4. The van der Waals surface area contributed by atoms with Gasteiger partial charge in [0.2, 0.25) is 0 Å². The zero-order valence-corrected chi connectivity index (χ0v) is 27.7. The van der Waals surface area contributed by atoms with Gasteiger partial charge in [-0.05, 0) is 109 Å². The third-order valence-corrected chi connectivity index (χ3v) is 11.4. The van der Waals surface area contributed by atoms with Crippen LogP contribution in [0.5, 0.6) is 0 Å². The van der Waals surface area contributed by atoms with E-state index >= 15 is 0 Å². The Balaban J connectivity index is 1.74. The van der Waals surface area contributed by atoms with E-state index in [1.54, 1.807) is 22.3 Å². The standard InChI is InChI=1S/C35H68N2/c1-28-18-16-24-34(5,6)32(28)22-20-30(3)36(9,10)26-14-13-15-27-37(11,12)31(4)21-23-33-29(2)19-17-25-35(33,7)8/h30-31H,13-27H2,1-12H3/q+2. The van der Waals surface area contributed by atoms with Gasteiger partial charge in [-0.1, -0.05) is 50.0 Å². The summed E-state index contributed by atoms with van der Waals surface area (Å²) >= 11 is 0. The molecule has 37 heavy (non-hydrogen) atoms. The van der Waals surface area contributed by atoms with E-state index in [4.69, 9.17) is 0 Å². The molecule has 0 saturated heterocycles. The maximum Gasteiger partial charge on any atom is 0.0860 e. The minimum Gasteiger partial charge on any atom is -0.326 e. The van der Waals surface area contributed by atoms with E-state index in [0.717, 1.165) is 12.1 Å². The monoisotopic (exact) mass is 517 g/mol. The largest absolute Gasteiger partial charge is 0.326 e. The topological polar surface area (TPSA) is 0 Å². The summed E-state index contributed by atoms with van der Waals surface area (Å²) in [5.74, 6) is 0. The smallest absolute Gasteiger partial charge is 0.0860 e. The second-order valence-corrected chi connectivity index (χ2v) is 15.8. The molecule has 0 bridgehead atoms. The molecule has 216 valence electrons. The van der Waals surface area contributed by atoms with Gasteiger partial charge < -0.3 is 8.97 Å². The molecule has 0 spiro atoms. The van der Waals surface area contributed by atoms with E-state index in [1.165, 1.54) is 106 Å². The van der Waals surface area contributed by atoms with Crippen LogP contribution in [-0.2, 0) is 0 Å². The lowest BCUT2D eigenvalue weighted by molar-refractivity contribution is -0.915. The molecule has 2 aliphatic rings. The van der Waals surface area contributed by atoms with Crippen molar-refractivity contribution in [2.45, 2.75) is 151 Å². The molecule has 0 saturated carbocycles. The molecule has 0 radical (unpaired) electrons. The maximum absolute atomic E-state index is 2.50. The Bertz CT molecular complexity index is 726. The fraction of sp³-hybridized carbons (Fsp3) is 0.886. The van der Waals surface area contributed by atoms with Crippen LogP contribution >= 0.6 is 0 Å². The highest BCUT2D eigenvalue weighted by atomic mass is 15.3. The van der Waals surface area contributed by atoms with Crippen molar-refractivity contribution in [1.29, 1.82) is 0 Å². The zero-order chi connectivity index (χ0) is 28.1. The average Bonchev–Trinajstić information content (AvgIpc) is 2.76. The van der Waals surface area contributed by atoms with E-state index in [2.05, 4.69) is 83.6 Å². The van der Waals surface area contributed by atoms with Crippen molar-refractivity contribution in [3.63, 3.8) is 0 Å². The van der Waals surface area contributed by atoms with Gasteiger partial charge in [0.1, 0.15) is 0 Å². The molecule has 2 heteroatoms. The van der Waals surface area contributed by atoms with E-state index in [9.17, 15) is 0 Å². The number of allylic oxidation sites excluding steroid dienone is 4. The second kappa shape index (κ2) is 13.2. The van der Waals surface area contributed by atoms with Crippen molar-refractivity contribution in [1.82, 2.24) is 0 Å². The lowest BCUT2D eigenvalue weighted by atomic mass is 9.71. The summed E-state index contributed by atoms with van der Waals surface area (Å²) in [6.45, 7) is 22.3. The number of unbranched alkanes of at least 4 members (excludes halogenated alkanes) is 2. The van der Waals surface area contributed by atoms with E-state index in [0.29, 0.717) is 10.8 Å². The predicted octanol–water partition coefficient (Wildman–Crippen LogP) is 9.70. The van der Waals surface area contributed by atoms with Crippen molar-refractivity contribution in [3.8, 4) is 0 Å². The summed E-state index contributed by atoms with van der Waals surface area (Å²) in [6.07, 6.45) is 17.5. The molecule has 0 aromatic rings. The normalized spacial score (nSPS) is 22.4. The Morgan fingerprint density at radius 2 is 0.973 bits per heavy atom. The van der Waals surface area contributed by atoms with Gasteiger partial charge in [0, 0.05) is 12.8 Å². The SMILES string of the molecule is CC1=C(CCC(C)[N+](C)(C)CCCCC[N+](C)(C)C(C)CCC2=C(C)CCCC2(C)C)C(C)(C)CCC1. The van der Waals surface area contributed by atoms with Crippen LogP contribution in [0.15, 0.2) is 22.3 Å². The summed E-state index contributed by atoms with van der Waals surface area (Å²) < 4.78 is 2.34. The van der Waals surface area contributed by atoms with E-state index in [1.807, 2.05) is 0 Å². The lowest BCUT2D eigenvalue weighted by Gasteiger charge is -2.40. The highest BCUT2D eigenvalue weighted by Gasteiger charge is 2.32. The Morgan fingerprint density at radius 1 is 0.622 bits per heavy atom. The van der Waals surface area contributed by atoms with Gasteiger partial charge >= 0.3 is 0 Å². The summed E-state index contributed by atoms with van der Waals surface area (Å²) in [6, 6.07) is 1.46. The first-order valence-corrected chi connectivity index (χ1v) is 16.0. The van der Waals surface area contributed by atoms with E-state index in [-0.39, 0.29) is 0 Å². The number of quaternary nitrogens is 2. The van der Waals surface area contributed by atoms with Gasteiger partial charge in [-0.15, -0.1) is 0 Å². The van der Waals surface area contributed by atoms with Gasteiger partial charge in [-0.25, -0.2) is 0 Å². The van der Waals surface area contributed by atoms with Crippen molar-refractivity contribution < 1.29 is 8.97 Å². The second-order valence-electron chi connectivity index (χ2n) is 15.8. The Hall–Kier alpha value is -0.600. The number of rotatable bonds is 14. The molecule has 2 unspecified atom stereocenters. The highest BCUT2D eigenvalue weighted by Crippen LogP contribution is 2.43. The molecular formula is C35H68N2+2. The summed E-state index contributed by atoms with van der Waals surface area (Å²) in [4.78, 5) is 0. The van der Waals surface area contributed by atoms with Crippen LogP contribution in [-0.4, -0.2) is 62.3 Å². The van der Waals surface area contributed by atoms with Gasteiger partial charge in [0.15, 0.2) is 0 Å². The van der Waals surface area contributed by atoms with Crippen LogP contribution in [0.3, 0.4) is 0 Å². The first kappa shape index (κ1) is 32.6. The fourth-order valence-electron chi connectivity index (χ4n) is 7.52. The third kappa shape index (κ3) is 9.23. The van der Waals surface area contributed by atoms with Crippen LogP contribution in [0.25, 0.3) is 0 Å². The molecular weight excluding hydrogens is 448 g/mol. The molecule has 0 aliphatic heterocycles. The number of hydrogen-bond donors (Lipinski definition) is 0. The minimum atomic E-state index is 0.420. The lowest BCUT2D eigenvalue weighted by Crippen LogP contribution is -2.49. The summed E-state index contributed by atoms with van der Waals surface area (Å²) in [5.41, 5.74) is 7.78. The molecule has 0 aromatic heterocycles. The van der Waals surface area contributed by atoms with Crippen molar-refractivity contribution >= 4 is 0 Å². The zero-order valence-electron chi connectivity index (χ0n) is 27.7. The van der Waals surface area contributed by atoms with Gasteiger partial charge in [0.25, 0.3) is 0 Å². The van der Waals surface area contributed by atoms with Gasteiger partial charge in [0.05, 0.1) is 53.4 Å². The maximum atomic E-state index is 2.50. The van der Waals surface area contributed by atoms with Crippen LogP contribution in [0.2, 0.25) is 0 Å². The van der Waals surface area contributed by atoms with Crippen LogP contribution in [0, 0.1) is 10.8 Å². The number of nitrogens with zero attached hydrogens (tertiary/aromatic N) is 2. The molecule has 0 N–H and O–H groups in total. The Kier molecular flexibility index (Phi) is 11.6. The van der Waals surface area contributed by atoms with Crippen molar-refractivity contribution in [3.05, 3.63) is 22.3 Å². The Morgan fingerprint density at radius 3 is 1.30 bits per heavy atom. The molecule has 2 aliphatic carbocycles. The van der Waals surface area contributed by atoms with Crippen LogP contribution in [0.4, 0.5) is 0 Å². The van der Waals surface area contributed by atoms with Crippen molar-refractivity contribution in [2.75, 3.05) is 41.3 Å². The molecule has 0 amide bonds. The molecule has 2 atom stereocenters. The Labute approximate surface area is 234 Å². The van der Waals surface area contributed by atoms with E-state index < -0.39 is 0 Å². The van der Waals surface area contributed by atoms with Gasteiger partial charge in [-0.2, -0.15) is 0 Å². The molecule has 2 rings (SSSR count). The number of hydrogen-bond acceptors (Lipinski definition) is 0. The first-order chi connectivity index (χ1) is 17.0. The molecule has 0 fully saturated rings. The molecule has 0 aromatic carbocycles. The average molecular weight is 517 g/mol. The van der Waals surface area contributed by atoms with Gasteiger partial charge in [-0.3, -0.25) is 0 Å². The highest BCUT2D eigenvalue weighted by molar-refractivity contribution is 5.23. The van der Waals surface area contributed by atoms with Crippen molar-refractivity contribution in [2.24, 2.45) is 10.8 Å². The minimum absolute atomic E-state index is 0.420. The quantitative estimate of drug-likeness (QED) is 0.122. The van der Waals surface area contributed by atoms with Crippen LogP contribution < -0.4 is 0 Å². The predicted molar refractivity (Wildman–Crippen MR) is 166 cm³/mol. The summed E-state index contributed by atoms with van der Waals surface area (Å²) in [5, 5.41) is 0. The fourth-order valence-corrected chi connectivity index (χ4v) is 7.52. The van der Waals surface area contributed by atoms with Crippen LogP contribution in [0.1, 0.15) is 139 Å². The summed E-state index contributed by atoms with van der Waals surface area (Å²) in [7, 11) is 9.90. The first-order valence-electron chi connectivity index (χ1n) is 16.0.